The van der Waals surface area contributed by atoms with Crippen LogP contribution in [0, 0.1) is 0 Å². The molecule has 0 amide bonds. The lowest BCUT2D eigenvalue weighted by molar-refractivity contribution is 0.280. The molecule has 0 atom stereocenters. The second-order valence-electron chi connectivity index (χ2n) is 6.20. The zero-order chi connectivity index (χ0) is 18.1. The van der Waals surface area contributed by atoms with E-state index in [-0.39, 0.29) is 24.8 Å². The molecule has 0 unspecified atom stereocenters. The number of hydrogen-bond acceptors (Lipinski definition) is 4. The van der Waals surface area contributed by atoms with Gasteiger partial charge in [-0.1, -0.05) is 46.3 Å². The molecule has 152 valence electrons. The molecule has 0 aliphatic rings. The van der Waals surface area contributed by atoms with Crippen LogP contribution < -0.4 is 14.8 Å². The van der Waals surface area contributed by atoms with Gasteiger partial charge in [0.25, 0.3) is 0 Å². The molecule has 0 bridgehead atoms. The molecule has 2 rings (SSSR count). The number of nitrogens with one attached hydrogen (secondary N) is 1. The maximum absolute atomic E-state index is 6.10. The van der Waals surface area contributed by atoms with Crippen LogP contribution in [-0.2, 0) is 13.2 Å². The van der Waals surface area contributed by atoms with E-state index >= 15 is 0 Å². The van der Waals surface area contributed by atoms with Gasteiger partial charge in [0.2, 0.25) is 0 Å². The molecule has 27 heavy (non-hydrogen) atoms. The van der Waals surface area contributed by atoms with Crippen LogP contribution in [0.4, 0.5) is 0 Å². The lowest BCUT2D eigenvalue weighted by atomic mass is 10.1. The minimum atomic E-state index is 0. The first-order chi connectivity index (χ1) is 12.1. The number of ether oxygens (including phenoxy) is 2. The Labute approximate surface area is 183 Å². The van der Waals surface area contributed by atoms with Crippen molar-refractivity contribution in [1.29, 1.82) is 0 Å². The summed E-state index contributed by atoms with van der Waals surface area (Å²) in [6, 6.07) is 14.2. The first-order valence-corrected chi connectivity index (χ1v) is 9.28. The Morgan fingerprint density at radius 2 is 1.78 bits per heavy atom. The average molecular weight is 480 g/mol. The van der Waals surface area contributed by atoms with Gasteiger partial charge in [-0.15, -0.1) is 24.8 Å². The van der Waals surface area contributed by atoms with E-state index in [2.05, 4.69) is 58.4 Å². The zero-order valence-electron chi connectivity index (χ0n) is 16.0. The molecule has 7 heteroatoms. The Balaban J connectivity index is 0.00000338. The maximum atomic E-state index is 6.10. The molecule has 2 aromatic rings. The monoisotopic (exact) mass is 478 g/mol. The Bertz CT molecular complexity index is 658. The van der Waals surface area contributed by atoms with E-state index in [0.717, 1.165) is 53.2 Å². The largest absolute Gasteiger partial charge is 0.493 e. The van der Waals surface area contributed by atoms with Gasteiger partial charge in [0.1, 0.15) is 6.61 Å². The lowest BCUT2D eigenvalue weighted by Gasteiger charge is -2.17. The molecule has 0 aliphatic heterocycles. The van der Waals surface area contributed by atoms with Crippen molar-refractivity contribution in [3.8, 4) is 11.5 Å². The first-order valence-electron chi connectivity index (χ1n) is 8.48. The summed E-state index contributed by atoms with van der Waals surface area (Å²) >= 11 is 3.56. The van der Waals surface area contributed by atoms with Crippen LogP contribution in [0.5, 0.6) is 11.5 Å². The molecule has 0 aromatic heterocycles. The summed E-state index contributed by atoms with van der Waals surface area (Å²) in [5.41, 5.74) is 2.23. The van der Waals surface area contributed by atoms with Gasteiger partial charge in [0, 0.05) is 16.6 Å². The number of halogens is 3. The summed E-state index contributed by atoms with van der Waals surface area (Å²) in [6.45, 7) is 3.30. The SMILES string of the molecule is COc1cc(Br)cc(CNCCCN(C)C)c1OCc1ccccc1.Cl.Cl. The van der Waals surface area contributed by atoms with E-state index in [4.69, 9.17) is 9.47 Å². The van der Waals surface area contributed by atoms with Crippen molar-refractivity contribution in [2.75, 3.05) is 34.3 Å². The second kappa shape index (κ2) is 14.1. The summed E-state index contributed by atoms with van der Waals surface area (Å²) in [6.07, 6.45) is 1.11. The average Bonchev–Trinajstić information content (AvgIpc) is 2.60. The number of benzene rings is 2. The van der Waals surface area contributed by atoms with Crippen molar-refractivity contribution in [3.05, 3.63) is 58.1 Å². The van der Waals surface area contributed by atoms with Crippen LogP contribution in [0.3, 0.4) is 0 Å². The van der Waals surface area contributed by atoms with Crippen molar-refractivity contribution in [2.45, 2.75) is 19.6 Å². The van der Waals surface area contributed by atoms with Crippen LogP contribution >= 0.6 is 40.7 Å². The summed E-state index contributed by atoms with van der Waals surface area (Å²) in [5.74, 6) is 1.55. The Morgan fingerprint density at radius 3 is 2.41 bits per heavy atom. The van der Waals surface area contributed by atoms with Gasteiger partial charge in [-0.2, -0.15) is 0 Å². The molecular formula is C20H29BrCl2N2O2. The summed E-state index contributed by atoms with van der Waals surface area (Å²) in [5, 5.41) is 3.49. The van der Waals surface area contributed by atoms with Crippen molar-refractivity contribution in [3.63, 3.8) is 0 Å². The van der Waals surface area contributed by atoms with Crippen LogP contribution in [0.1, 0.15) is 17.5 Å². The standard InChI is InChI=1S/C20H27BrN2O2.2ClH/c1-23(2)11-7-10-22-14-17-12-18(21)13-19(24-3)20(17)25-15-16-8-5-4-6-9-16;;/h4-6,8-9,12-13,22H,7,10-11,14-15H2,1-3H3;2*1H. The third-order valence-electron chi connectivity index (χ3n) is 3.82. The Kier molecular flexibility index (Phi) is 13.6. The number of nitrogens with zero attached hydrogens (tertiary/aromatic N) is 1. The van der Waals surface area contributed by atoms with Gasteiger partial charge in [-0.25, -0.2) is 0 Å². The molecule has 4 nitrogen and oxygen atoms in total. The number of rotatable bonds is 10. The molecule has 0 heterocycles. The molecule has 0 fully saturated rings. The van der Waals surface area contributed by atoms with Crippen molar-refractivity contribution in [1.82, 2.24) is 10.2 Å². The molecule has 0 spiro atoms. The minimum Gasteiger partial charge on any atom is -0.493 e. The molecular weight excluding hydrogens is 451 g/mol. The van der Waals surface area contributed by atoms with Gasteiger partial charge < -0.3 is 19.7 Å². The summed E-state index contributed by atoms with van der Waals surface area (Å²) in [7, 11) is 5.86. The summed E-state index contributed by atoms with van der Waals surface area (Å²) in [4.78, 5) is 2.19. The van der Waals surface area contributed by atoms with Gasteiger partial charge in [0.05, 0.1) is 7.11 Å². The molecule has 0 saturated carbocycles. The molecule has 2 aromatic carbocycles. The number of methoxy groups -OCH3 is 1. The maximum Gasteiger partial charge on any atom is 0.166 e. The third-order valence-corrected chi connectivity index (χ3v) is 4.27. The smallest absolute Gasteiger partial charge is 0.166 e. The fourth-order valence-electron chi connectivity index (χ4n) is 2.54. The highest BCUT2D eigenvalue weighted by Gasteiger charge is 2.13. The van der Waals surface area contributed by atoms with Crippen LogP contribution in [-0.4, -0.2) is 39.2 Å². The molecule has 0 saturated heterocycles. The predicted octanol–water partition coefficient (Wildman–Crippen LogP) is 4.92. The van der Waals surface area contributed by atoms with Gasteiger partial charge >= 0.3 is 0 Å². The Hall–Kier alpha value is -0.980. The fraction of sp³-hybridized carbons (Fsp3) is 0.400. The third kappa shape index (κ3) is 9.17. The van der Waals surface area contributed by atoms with Crippen molar-refractivity contribution >= 4 is 40.7 Å². The van der Waals surface area contributed by atoms with Gasteiger partial charge in [0.15, 0.2) is 11.5 Å². The van der Waals surface area contributed by atoms with E-state index in [0.29, 0.717) is 6.61 Å². The fourth-order valence-corrected chi connectivity index (χ4v) is 3.03. The lowest BCUT2D eigenvalue weighted by Crippen LogP contribution is -2.21. The molecule has 0 radical (unpaired) electrons. The van der Waals surface area contributed by atoms with Crippen molar-refractivity contribution < 1.29 is 9.47 Å². The van der Waals surface area contributed by atoms with E-state index in [1.54, 1.807) is 7.11 Å². The van der Waals surface area contributed by atoms with Crippen LogP contribution in [0.2, 0.25) is 0 Å². The normalized spacial score (nSPS) is 10.1. The van der Waals surface area contributed by atoms with E-state index in [9.17, 15) is 0 Å². The quantitative estimate of drug-likeness (QED) is 0.490. The molecule has 1 N–H and O–H groups in total. The first kappa shape index (κ1) is 26.0. The van der Waals surface area contributed by atoms with Gasteiger partial charge in [-0.05, 0) is 51.3 Å². The van der Waals surface area contributed by atoms with Crippen molar-refractivity contribution in [2.24, 2.45) is 0 Å². The Morgan fingerprint density at radius 1 is 1.07 bits per heavy atom. The highest BCUT2D eigenvalue weighted by atomic mass is 79.9. The number of hydrogen-bond donors (Lipinski definition) is 1. The van der Waals surface area contributed by atoms with Gasteiger partial charge in [-0.3, -0.25) is 0 Å². The van der Waals surface area contributed by atoms with Crippen LogP contribution in [0.15, 0.2) is 46.9 Å². The van der Waals surface area contributed by atoms with E-state index in [1.165, 1.54) is 0 Å². The minimum absolute atomic E-state index is 0. The highest BCUT2D eigenvalue weighted by molar-refractivity contribution is 9.10. The molecule has 0 aliphatic carbocycles. The predicted molar refractivity (Wildman–Crippen MR) is 121 cm³/mol. The van der Waals surface area contributed by atoms with E-state index in [1.807, 2.05) is 24.3 Å². The summed E-state index contributed by atoms with van der Waals surface area (Å²) < 4.78 is 12.6. The topological polar surface area (TPSA) is 33.7 Å². The second-order valence-corrected chi connectivity index (χ2v) is 7.12. The zero-order valence-corrected chi connectivity index (χ0v) is 19.3. The van der Waals surface area contributed by atoms with E-state index < -0.39 is 0 Å². The highest BCUT2D eigenvalue weighted by Crippen LogP contribution is 2.35. The van der Waals surface area contributed by atoms with Crippen LogP contribution in [0.25, 0.3) is 0 Å².